The molecule has 9 heteroatoms. The van der Waals surface area contributed by atoms with Crippen LogP contribution in [0.5, 0.6) is 17.2 Å². The van der Waals surface area contributed by atoms with Crippen molar-refractivity contribution in [2.24, 2.45) is 0 Å². The van der Waals surface area contributed by atoms with Crippen LogP contribution in [0.3, 0.4) is 0 Å². The van der Waals surface area contributed by atoms with E-state index in [4.69, 9.17) is 9.47 Å². The molecule has 4 aromatic rings. The highest BCUT2D eigenvalue weighted by molar-refractivity contribution is 7.13. The first-order valence-corrected chi connectivity index (χ1v) is 8.84. The molecule has 0 N–H and O–H groups in total. The van der Waals surface area contributed by atoms with Crippen molar-refractivity contribution in [3.63, 3.8) is 0 Å². The van der Waals surface area contributed by atoms with Gasteiger partial charge in [-0.2, -0.15) is 4.68 Å². The van der Waals surface area contributed by atoms with Crippen molar-refractivity contribution in [3.8, 4) is 33.5 Å². The fourth-order valence-electron chi connectivity index (χ4n) is 2.53. The van der Waals surface area contributed by atoms with Crippen molar-refractivity contribution in [3.05, 3.63) is 59.6 Å². The number of nitrogens with zero attached hydrogens (tertiary/aromatic N) is 5. The third-order valence-corrected chi connectivity index (χ3v) is 4.79. The summed E-state index contributed by atoms with van der Waals surface area (Å²) in [6.07, 6.45) is 1.44. The Kier molecular flexibility index (Phi) is 4.51. The Morgan fingerprint density at radius 2 is 2.04 bits per heavy atom. The molecule has 136 valence electrons. The molecule has 0 spiro atoms. The molecule has 0 saturated carbocycles. The van der Waals surface area contributed by atoms with Crippen molar-refractivity contribution in [2.75, 3.05) is 7.11 Å². The minimum absolute atomic E-state index is 0.00725. The van der Waals surface area contributed by atoms with E-state index in [1.54, 1.807) is 18.2 Å². The van der Waals surface area contributed by atoms with Crippen LogP contribution in [-0.4, -0.2) is 32.3 Å². The normalized spacial score (nSPS) is 10.8. The van der Waals surface area contributed by atoms with Crippen LogP contribution < -0.4 is 9.47 Å². The van der Waals surface area contributed by atoms with Crippen molar-refractivity contribution in [1.82, 2.24) is 25.2 Å². The van der Waals surface area contributed by atoms with E-state index in [1.165, 1.54) is 35.5 Å². The number of methoxy groups -OCH3 is 1. The summed E-state index contributed by atoms with van der Waals surface area (Å²) in [6, 6.07) is 9.92. The lowest BCUT2D eigenvalue weighted by Gasteiger charge is -2.14. The molecule has 0 atom stereocenters. The maximum atomic E-state index is 14.3. The van der Waals surface area contributed by atoms with Crippen LogP contribution in [0.15, 0.2) is 48.1 Å². The van der Waals surface area contributed by atoms with Gasteiger partial charge < -0.3 is 9.47 Å². The fourth-order valence-corrected chi connectivity index (χ4v) is 3.33. The number of tetrazole rings is 1. The number of para-hydroxylation sites is 1. The lowest BCUT2D eigenvalue weighted by Crippen LogP contribution is -2.01. The maximum Gasteiger partial charge on any atom is 0.204 e. The number of hydrogen-bond acceptors (Lipinski definition) is 7. The SMILES string of the molecule is COc1cccc(F)c1Oc1ccc(-c2nc(C)cs2)cc1-n1cnnn1. The number of ether oxygens (including phenoxy) is 2. The highest BCUT2D eigenvalue weighted by atomic mass is 32.1. The monoisotopic (exact) mass is 383 g/mol. The molecule has 0 saturated heterocycles. The summed E-state index contributed by atoms with van der Waals surface area (Å²) in [5.41, 5.74) is 2.37. The lowest BCUT2D eigenvalue weighted by molar-refractivity contribution is 0.363. The number of benzene rings is 2. The molecule has 0 radical (unpaired) electrons. The number of hydrogen-bond donors (Lipinski definition) is 0. The van der Waals surface area contributed by atoms with Crippen LogP contribution >= 0.6 is 11.3 Å². The van der Waals surface area contributed by atoms with Crippen LogP contribution in [0.1, 0.15) is 5.69 Å². The predicted molar refractivity (Wildman–Crippen MR) is 98.0 cm³/mol. The van der Waals surface area contributed by atoms with Crippen molar-refractivity contribution in [1.29, 1.82) is 0 Å². The van der Waals surface area contributed by atoms with Crippen LogP contribution in [-0.2, 0) is 0 Å². The number of aryl methyl sites for hydroxylation is 1. The summed E-state index contributed by atoms with van der Waals surface area (Å²) in [7, 11) is 1.46. The molecule has 2 aromatic heterocycles. The van der Waals surface area contributed by atoms with Gasteiger partial charge in [-0.25, -0.2) is 9.37 Å². The van der Waals surface area contributed by atoms with Crippen LogP contribution in [0.25, 0.3) is 16.3 Å². The molecule has 0 aliphatic rings. The first-order chi connectivity index (χ1) is 13.2. The molecule has 0 aliphatic heterocycles. The second-order valence-corrected chi connectivity index (χ2v) is 6.46. The van der Waals surface area contributed by atoms with Crippen molar-refractivity contribution >= 4 is 11.3 Å². The summed E-state index contributed by atoms with van der Waals surface area (Å²) in [5.74, 6) is 0.129. The Morgan fingerprint density at radius 3 is 2.74 bits per heavy atom. The van der Waals surface area contributed by atoms with Gasteiger partial charge in [0.1, 0.15) is 17.0 Å². The van der Waals surface area contributed by atoms with E-state index < -0.39 is 5.82 Å². The van der Waals surface area contributed by atoms with Gasteiger partial charge in [0, 0.05) is 16.6 Å². The average molecular weight is 383 g/mol. The van der Waals surface area contributed by atoms with Gasteiger partial charge in [0.15, 0.2) is 17.3 Å². The second kappa shape index (κ2) is 7.12. The lowest BCUT2D eigenvalue weighted by atomic mass is 10.2. The predicted octanol–water partition coefficient (Wildman–Crippen LogP) is 4.03. The van der Waals surface area contributed by atoms with Gasteiger partial charge in [-0.1, -0.05) is 6.07 Å². The zero-order chi connectivity index (χ0) is 18.8. The molecule has 0 fully saturated rings. The Balaban J connectivity index is 1.81. The van der Waals surface area contributed by atoms with Crippen LogP contribution in [0, 0.1) is 12.7 Å². The summed E-state index contributed by atoms with van der Waals surface area (Å²) in [4.78, 5) is 4.50. The van der Waals surface area contributed by atoms with Gasteiger partial charge in [0.25, 0.3) is 0 Å². The van der Waals surface area contributed by atoms with Gasteiger partial charge in [-0.15, -0.1) is 16.4 Å². The zero-order valence-electron chi connectivity index (χ0n) is 14.5. The van der Waals surface area contributed by atoms with E-state index in [0.29, 0.717) is 11.4 Å². The topological polar surface area (TPSA) is 75.0 Å². The van der Waals surface area contributed by atoms with Gasteiger partial charge >= 0.3 is 0 Å². The number of halogens is 1. The molecule has 0 bridgehead atoms. The Morgan fingerprint density at radius 1 is 1.15 bits per heavy atom. The largest absolute Gasteiger partial charge is 0.493 e. The third kappa shape index (κ3) is 3.36. The number of thiazole rings is 1. The summed E-state index contributed by atoms with van der Waals surface area (Å²) in [6.45, 7) is 1.93. The maximum absolute atomic E-state index is 14.3. The Labute approximate surface area is 158 Å². The van der Waals surface area contributed by atoms with Crippen molar-refractivity contribution in [2.45, 2.75) is 6.92 Å². The molecule has 7 nitrogen and oxygen atoms in total. The Bertz CT molecular complexity index is 1080. The van der Waals surface area contributed by atoms with E-state index in [2.05, 4.69) is 20.5 Å². The zero-order valence-corrected chi connectivity index (χ0v) is 15.3. The van der Waals surface area contributed by atoms with Gasteiger partial charge in [0.05, 0.1) is 7.11 Å². The molecular formula is C18H14FN5O2S. The third-order valence-electron chi connectivity index (χ3n) is 3.78. The van der Waals surface area contributed by atoms with Gasteiger partial charge in [0.2, 0.25) is 5.75 Å². The highest BCUT2D eigenvalue weighted by Gasteiger charge is 2.17. The van der Waals surface area contributed by atoms with Gasteiger partial charge in [-0.05, 0) is 47.7 Å². The summed E-state index contributed by atoms with van der Waals surface area (Å²) < 4.78 is 26.8. The molecular weight excluding hydrogens is 369 g/mol. The second-order valence-electron chi connectivity index (χ2n) is 5.60. The van der Waals surface area contributed by atoms with E-state index in [-0.39, 0.29) is 11.5 Å². The smallest absolute Gasteiger partial charge is 0.204 e. The molecule has 0 aliphatic carbocycles. The summed E-state index contributed by atoms with van der Waals surface area (Å²) in [5, 5.41) is 14.1. The first-order valence-electron chi connectivity index (χ1n) is 7.96. The standard InChI is InChI=1S/C18H14FN5O2S/c1-11-9-27-18(21-11)12-6-7-15(14(8-12)24-10-20-22-23-24)26-17-13(19)4-3-5-16(17)25-2/h3-10H,1-2H3. The van der Waals surface area contributed by atoms with Gasteiger partial charge in [-0.3, -0.25) is 0 Å². The molecule has 0 unspecified atom stereocenters. The molecule has 4 rings (SSSR count). The van der Waals surface area contributed by atoms with Crippen molar-refractivity contribution < 1.29 is 13.9 Å². The molecule has 2 heterocycles. The summed E-state index contributed by atoms with van der Waals surface area (Å²) >= 11 is 1.53. The fraction of sp³-hybridized carbons (Fsp3) is 0.111. The minimum Gasteiger partial charge on any atom is -0.493 e. The minimum atomic E-state index is -0.531. The number of rotatable bonds is 5. The first kappa shape index (κ1) is 17.1. The van der Waals surface area contributed by atoms with Crippen LogP contribution in [0.4, 0.5) is 4.39 Å². The molecule has 2 aromatic carbocycles. The van der Waals surface area contributed by atoms with E-state index in [9.17, 15) is 4.39 Å². The van der Waals surface area contributed by atoms with E-state index >= 15 is 0 Å². The molecule has 0 amide bonds. The molecule has 27 heavy (non-hydrogen) atoms. The van der Waals surface area contributed by atoms with E-state index in [0.717, 1.165) is 16.3 Å². The van der Waals surface area contributed by atoms with E-state index in [1.807, 2.05) is 24.4 Å². The quantitative estimate of drug-likeness (QED) is 0.518. The van der Waals surface area contributed by atoms with Crippen LogP contribution in [0.2, 0.25) is 0 Å². The number of aromatic nitrogens is 5. The average Bonchev–Trinajstić information content (AvgIpc) is 3.35. The Hall–Kier alpha value is -3.33. The highest BCUT2D eigenvalue weighted by Crippen LogP contribution is 2.38.